The third-order valence-electron chi connectivity index (χ3n) is 6.11. The Labute approximate surface area is 237 Å². The van der Waals surface area contributed by atoms with Crippen molar-refractivity contribution in [1.82, 2.24) is 0 Å². The molecule has 0 spiro atoms. The summed E-state index contributed by atoms with van der Waals surface area (Å²) in [4.78, 5) is 4.52. The number of hydrogen-bond acceptors (Lipinski definition) is 7. The summed E-state index contributed by atoms with van der Waals surface area (Å²) in [5, 5.41) is 27.9. The van der Waals surface area contributed by atoms with Gasteiger partial charge in [-0.05, 0) is 67.8 Å². The van der Waals surface area contributed by atoms with Gasteiger partial charge in [-0.1, -0.05) is 32.8 Å². The van der Waals surface area contributed by atoms with Gasteiger partial charge in [-0.3, -0.25) is 0 Å². The zero-order valence-corrected chi connectivity index (χ0v) is 24.3. The standard InChI is InChI=1S/C32H36N4O2S/c1-6-8-18-36(19-9-7-2)27-13-11-25(31(20-27)37-4)12-15-29-17-16-28(39-29)14-10-24(3)30(23-35)32(38-5)26(21-33)22-34/h10-17,20H,6-9,18-19H2,1-5H3/b14-10+,15-12+,30-24+. The van der Waals surface area contributed by atoms with E-state index < -0.39 is 0 Å². The van der Waals surface area contributed by atoms with Gasteiger partial charge in [-0.25, -0.2) is 0 Å². The Kier molecular flexibility index (Phi) is 13.2. The SMILES string of the molecule is CCCCN(CCCC)c1ccc(/C=C/c2ccc(/C=C/C(C)=C(\C#N)C(OC)=C(C#N)C#N)s2)c(OC)c1. The molecule has 0 atom stereocenters. The quantitative estimate of drug-likeness (QED) is 0.136. The third kappa shape index (κ3) is 8.92. The number of unbranched alkanes of at least 4 members (excludes halogenated alkanes) is 2. The average Bonchev–Trinajstić information content (AvgIpc) is 3.42. The van der Waals surface area contributed by atoms with Crippen LogP contribution in [0.3, 0.4) is 0 Å². The summed E-state index contributed by atoms with van der Waals surface area (Å²) in [7, 11) is 3.05. The van der Waals surface area contributed by atoms with Gasteiger partial charge in [-0.2, -0.15) is 15.8 Å². The van der Waals surface area contributed by atoms with Crippen molar-refractivity contribution >= 4 is 35.3 Å². The molecule has 1 aromatic heterocycles. The van der Waals surface area contributed by atoms with E-state index in [2.05, 4.69) is 49.1 Å². The van der Waals surface area contributed by atoms with E-state index in [1.165, 1.54) is 38.5 Å². The molecular weight excluding hydrogens is 504 g/mol. The zero-order chi connectivity index (χ0) is 28.6. The third-order valence-corrected chi connectivity index (χ3v) is 7.12. The van der Waals surface area contributed by atoms with E-state index in [0.29, 0.717) is 5.57 Å². The molecule has 0 N–H and O–H groups in total. The first-order chi connectivity index (χ1) is 19.0. The maximum Gasteiger partial charge on any atom is 0.172 e. The van der Waals surface area contributed by atoms with Crippen molar-refractivity contribution in [2.75, 3.05) is 32.2 Å². The summed E-state index contributed by atoms with van der Waals surface area (Å²) in [5.41, 5.74) is 2.72. The van der Waals surface area contributed by atoms with E-state index in [-0.39, 0.29) is 16.9 Å². The summed E-state index contributed by atoms with van der Waals surface area (Å²) in [6, 6.07) is 16.0. The summed E-state index contributed by atoms with van der Waals surface area (Å²) < 4.78 is 10.9. The van der Waals surface area contributed by atoms with Crippen LogP contribution in [0.25, 0.3) is 18.2 Å². The predicted molar refractivity (Wildman–Crippen MR) is 161 cm³/mol. The van der Waals surface area contributed by atoms with Gasteiger partial charge >= 0.3 is 0 Å². The highest BCUT2D eigenvalue weighted by Gasteiger charge is 2.14. The fourth-order valence-electron chi connectivity index (χ4n) is 3.89. The number of allylic oxidation sites excluding steroid dienone is 4. The Morgan fingerprint density at radius 2 is 1.54 bits per heavy atom. The molecule has 0 amide bonds. The first kappa shape index (κ1) is 31.0. The monoisotopic (exact) mass is 540 g/mol. The van der Waals surface area contributed by atoms with Gasteiger partial charge in [0.1, 0.15) is 24.0 Å². The minimum atomic E-state index is -0.233. The fourth-order valence-corrected chi connectivity index (χ4v) is 4.70. The van der Waals surface area contributed by atoms with Crippen molar-refractivity contribution in [2.24, 2.45) is 0 Å². The molecule has 0 saturated carbocycles. The Hall–Kier alpha value is -4.25. The molecule has 0 unspecified atom stereocenters. The van der Waals surface area contributed by atoms with Crippen molar-refractivity contribution in [2.45, 2.75) is 46.5 Å². The lowest BCUT2D eigenvalue weighted by molar-refractivity contribution is 0.301. The van der Waals surface area contributed by atoms with Gasteiger partial charge in [0, 0.05) is 40.2 Å². The highest BCUT2D eigenvalue weighted by atomic mass is 32.1. The molecule has 0 bridgehead atoms. The van der Waals surface area contributed by atoms with Gasteiger partial charge in [0.15, 0.2) is 11.3 Å². The molecule has 39 heavy (non-hydrogen) atoms. The predicted octanol–water partition coefficient (Wildman–Crippen LogP) is 8.13. The first-order valence-electron chi connectivity index (χ1n) is 13.0. The molecule has 0 saturated heterocycles. The largest absolute Gasteiger partial charge is 0.496 e. The first-order valence-corrected chi connectivity index (χ1v) is 13.9. The summed E-state index contributed by atoms with van der Waals surface area (Å²) in [6.45, 7) is 8.28. The number of benzene rings is 1. The minimum absolute atomic E-state index is 0.0155. The molecule has 0 fully saturated rings. The van der Waals surface area contributed by atoms with Crippen LogP contribution in [0.5, 0.6) is 5.75 Å². The lowest BCUT2D eigenvalue weighted by Crippen LogP contribution is -2.25. The highest BCUT2D eigenvalue weighted by molar-refractivity contribution is 7.13. The van der Waals surface area contributed by atoms with E-state index in [4.69, 9.17) is 20.0 Å². The average molecular weight is 541 g/mol. The van der Waals surface area contributed by atoms with Gasteiger partial charge in [0.05, 0.1) is 19.8 Å². The Balaban J connectivity index is 2.25. The van der Waals surface area contributed by atoms with Crippen molar-refractivity contribution < 1.29 is 9.47 Å². The highest BCUT2D eigenvalue weighted by Crippen LogP contribution is 2.29. The van der Waals surface area contributed by atoms with Crippen LogP contribution < -0.4 is 9.64 Å². The van der Waals surface area contributed by atoms with E-state index in [1.54, 1.807) is 43.6 Å². The molecule has 6 nitrogen and oxygen atoms in total. The molecular formula is C32H36N4O2S. The maximum atomic E-state index is 9.59. The van der Waals surface area contributed by atoms with E-state index >= 15 is 0 Å². The molecule has 0 aliphatic heterocycles. The van der Waals surface area contributed by atoms with Gasteiger partial charge < -0.3 is 14.4 Å². The van der Waals surface area contributed by atoms with Gasteiger partial charge in [0.2, 0.25) is 0 Å². The number of thiophene rings is 1. The van der Waals surface area contributed by atoms with Crippen LogP contribution in [0.15, 0.2) is 58.9 Å². The van der Waals surface area contributed by atoms with Crippen LogP contribution in [-0.2, 0) is 4.74 Å². The van der Waals surface area contributed by atoms with Crippen molar-refractivity contribution in [3.8, 4) is 24.0 Å². The Morgan fingerprint density at radius 1 is 0.897 bits per heavy atom. The van der Waals surface area contributed by atoms with Crippen LogP contribution in [0.4, 0.5) is 5.69 Å². The lowest BCUT2D eigenvalue weighted by Gasteiger charge is -2.25. The van der Waals surface area contributed by atoms with Crippen molar-refractivity contribution in [3.05, 3.63) is 74.2 Å². The van der Waals surface area contributed by atoms with E-state index in [1.807, 2.05) is 24.3 Å². The van der Waals surface area contributed by atoms with Crippen molar-refractivity contribution in [3.63, 3.8) is 0 Å². The second kappa shape index (κ2) is 16.6. The van der Waals surface area contributed by atoms with Crippen molar-refractivity contribution in [1.29, 1.82) is 15.8 Å². The molecule has 7 heteroatoms. The minimum Gasteiger partial charge on any atom is -0.496 e. The van der Waals surface area contributed by atoms with E-state index in [0.717, 1.165) is 34.2 Å². The Morgan fingerprint density at radius 3 is 2.08 bits per heavy atom. The molecule has 2 aromatic rings. The smallest absolute Gasteiger partial charge is 0.172 e. The maximum absolute atomic E-state index is 9.59. The normalized spacial score (nSPS) is 11.4. The summed E-state index contributed by atoms with van der Waals surface area (Å²) in [6.07, 6.45) is 12.5. The van der Waals surface area contributed by atoms with Gasteiger partial charge in [0.25, 0.3) is 0 Å². The number of rotatable bonds is 14. The molecule has 2 rings (SSSR count). The van der Waals surface area contributed by atoms with Crippen LogP contribution in [0.2, 0.25) is 0 Å². The van der Waals surface area contributed by atoms with Crippen LogP contribution in [0, 0.1) is 34.0 Å². The van der Waals surface area contributed by atoms with Crippen LogP contribution >= 0.6 is 11.3 Å². The fraction of sp³-hybridized carbons (Fsp3) is 0.344. The summed E-state index contributed by atoms with van der Waals surface area (Å²) >= 11 is 1.61. The number of nitrogens with zero attached hydrogens (tertiary/aromatic N) is 4. The number of nitriles is 3. The molecule has 202 valence electrons. The zero-order valence-electron chi connectivity index (χ0n) is 23.5. The second-order valence-corrected chi connectivity index (χ2v) is 9.98. The van der Waals surface area contributed by atoms with E-state index in [9.17, 15) is 5.26 Å². The number of hydrogen-bond donors (Lipinski definition) is 0. The number of anilines is 1. The van der Waals surface area contributed by atoms with Gasteiger partial charge in [-0.15, -0.1) is 11.3 Å². The number of ether oxygens (including phenoxy) is 2. The Bertz CT molecular complexity index is 1340. The topological polar surface area (TPSA) is 93.1 Å². The number of methoxy groups -OCH3 is 2. The molecule has 0 radical (unpaired) electrons. The van der Waals surface area contributed by atoms with Crippen LogP contribution in [0.1, 0.15) is 61.8 Å². The molecule has 0 aliphatic rings. The second-order valence-electron chi connectivity index (χ2n) is 8.83. The van der Waals surface area contributed by atoms with Crippen LogP contribution in [-0.4, -0.2) is 27.3 Å². The molecule has 1 aromatic carbocycles. The summed E-state index contributed by atoms with van der Waals surface area (Å²) in [5.74, 6) is 0.831. The molecule has 1 heterocycles. The lowest BCUT2D eigenvalue weighted by atomic mass is 10.0. The molecule has 0 aliphatic carbocycles.